The minimum atomic E-state index is -3.55. The number of sulfone groups is 3. The number of imidazole rings is 3. The molecule has 2 bridgehead atoms. The van der Waals surface area contributed by atoms with Gasteiger partial charge in [0.2, 0.25) is 5.54 Å². The third-order valence-corrected chi connectivity index (χ3v) is 20.7. The van der Waals surface area contributed by atoms with Gasteiger partial charge in [0.05, 0.1) is 78.8 Å². The van der Waals surface area contributed by atoms with Gasteiger partial charge in [0.1, 0.15) is 18.5 Å². The molecule has 8 N–H and O–H groups in total. The molecule has 0 atom stereocenters. The van der Waals surface area contributed by atoms with Gasteiger partial charge in [-0.1, -0.05) is 12.1 Å². The molecule has 12 rings (SSSR count). The van der Waals surface area contributed by atoms with Crippen LogP contribution in [0.3, 0.4) is 0 Å². The minimum Gasteiger partial charge on any atom is -0.390 e. The SMILES string of the molecule is Cc1cc(S(=O)(=O)CCC(C)(C)O)cc(-c2cnc3c(N)ncnn23)c1C.Cc1nc(N)c2ncc(-c3cc(S(=O)(=O)CCC(C)(C)O)ccc3C)n2n1.[C-]#[N+]C12CCC(CS(=O)(=O)c3ccc(C)c(-c4cnc5c(N)ncnn45)c3)(C1)C2. The van der Waals surface area contributed by atoms with Crippen LogP contribution in [0.4, 0.5) is 17.5 Å². The lowest BCUT2D eigenvalue weighted by molar-refractivity contribution is 0.0766. The highest BCUT2D eigenvalue weighted by molar-refractivity contribution is 7.92. The van der Waals surface area contributed by atoms with Crippen molar-refractivity contribution in [1.82, 2.24) is 58.7 Å². The number of hydrogen-bond donors (Lipinski definition) is 5. The zero-order chi connectivity index (χ0) is 60.4. The molecule has 3 aromatic carbocycles. The Morgan fingerprint density at radius 3 is 1.51 bits per heavy atom. The highest BCUT2D eigenvalue weighted by Gasteiger charge is 2.67. The summed E-state index contributed by atoms with van der Waals surface area (Å²) in [4.78, 5) is 29.2. The van der Waals surface area contributed by atoms with Crippen LogP contribution in [-0.4, -0.2) is 128 Å². The summed E-state index contributed by atoms with van der Waals surface area (Å²) in [6, 6.07) is 13.4. The molecule has 6 aromatic heterocycles. The Bertz CT molecular complexity index is 4420. The van der Waals surface area contributed by atoms with E-state index < -0.39 is 40.7 Å². The molecule has 0 amide bonds. The Kier molecular flexibility index (Phi) is 15.5. The van der Waals surface area contributed by atoms with Crippen LogP contribution in [0.5, 0.6) is 0 Å². The van der Waals surface area contributed by atoms with Crippen LogP contribution >= 0.6 is 0 Å². The molecule has 3 aliphatic rings. The molecular weight excluding hydrogens is 1120 g/mol. The largest absolute Gasteiger partial charge is 0.390 e. The van der Waals surface area contributed by atoms with Gasteiger partial charge in [-0.05, 0) is 140 Å². The number of aliphatic hydroxyl groups is 2. The predicted molar refractivity (Wildman–Crippen MR) is 314 cm³/mol. The van der Waals surface area contributed by atoms with Crippen LogP contribution in [0.1, 0.15) is 94.3 Å². The molecule has 0 saturated heterocycles. The standard InChI is InChI=1S/C20H20N6O2S.2C18H23N5O3S/c1-13-3-4-14(29(27,28)11-19-5-6-20(9-19,10-19)22-2)7-15(13)16-8-23-18-17(21)24-12-25-26(16)18;1-11-7-13(27(25,26)6-5-18(3,4)24)8-14(12(11)2)15-9-20-17-16(19)21-10-22-23(15)17;1-11-5-6-13(27(25,26)8-7-18(3,4)24)9-14(11)15-10-20-17-16(19)21-12(2)22-23(15)17/h3-4,7-8,12H,5-6,9-11H2,1H3,(H2,21,24,25);7-10,24H,5-6H2,1-4H3,(H2,19,21,22);5-6,9-10,24H,7-8H2,1-4H3,(H2,19,21,22). The van der Waals surface area contributed by atoms with E-state index in [1.54, 1.807) is 109 Å². The second-order valence-corrected chi connectivity index (χ2v) is 29.3. The summed E-state index contributed by atoms with van der Waals surface area (Å²) in [5.41, 5.74) is 23.9. The van der Waals surface area contributed by atoms with E-state index in [1.165, 1.54) is 12.7 Å². The molecule has 83 heavy (non-hydrogen) atoms. The summed E-state index contributed by atoms with van der Waals surface area (Å²) in [5.74, 6) is 1.09. The Balaban J connectivity index is 0.000000150. The van der Waals surface area contributed by atoms with Crippen molar-refractivity contribution in [2.75, 3.05) is 34.5 Å². The second-order valence-electron chi connectivity index (χ2n) is 23.0. The molecule has 0 unspecified atom stereocenters. The molecule has 0 radical (unpaired) electrons. The quantitative estimate of drug-likeness (QED) is 0.0721. The summed E-state index contributed by atoms with van der Waals surface area (Å²) in [5, 5.41) is 32.5. The number of nitrogens with two attached hydrogens (primary N) is 3. The number of nitrogen functional groups attached to an aromatic ring is 3. The van der Waals surface area contributed by atoms with Gasteiger partial charge in [-0.25, -0.2) is 75.3 Å². The number of aryl methyl sites for hydroxylation is 4. The first kappa shape index (κ1) is 59.6. The normalized spacial score (nSPS) is 17.2. The number of fused-ring (bicyclic) bond motifs is 4. The van der Waals surface area contributed by atoms with Crippen molar-refractivity contribution in [1.29, 1.82) is 0 Å². The minimum absolute atomic E-state index is 0.0992. The van der Waals surface area contributed by atoms with Crippen LogP contribution in [0.15, 0.2) is 94.5 Å². The zero-order valence-electron chi connectivity index (χ0n) is 47.5. The first-order chi connectivity index (χ1) is 38.7. The Morgan fingerprint density at radius 1 is 0.578 bits per heavy atom. The van der Waals surface area contributed by atoms with Gasteiger partial charge < -0.3 is 32.3 Å². The fourth-order valence-electron chi connectivity index (χ4n) is 10.6. The van der Waals surface area contributed by atoms with Crippen LogP contribution in [0.25, 0.3) is 55.6 Å². The maximum Gasteiger partial charge on any atom is 0.233 e. The lowest BCUT2D eigenvalue weighted by Gasteiger charge is -2.39. The van der Waals surface area contributed by atoms with Gasteiger partial charge in [0.15, 0.2) is 63.9 Å². The Hall–Kier alpha value is -8.03. The molecule has 3 saturated carbocycles. The molecular formula is C56H66N16O8S3. The van der Waals surface area contributed by atoms with Gasteiger partial charge in [0.25, 0.3) is 0 Å². The summed E-state index contributed by atoms with van der Waals surface area (Å²) < 4.78 is 82.2. The number of rotatable bonds is 14. The molecule has 436 valence electrons. The van der Waals surface area contributed by atoms with Crippen molar-refractivity contribution in [3.8, 4) is 33.8 Å². The topological polar surface area (TPSA) is 355 Å². The Morgan fingerprint density at radius 2 is 1.02 bits per heavy atom. The van der Waals surface area contributed by atoms with Gasteiger partial charge in [-0.3, -0.25) is 0 Å². The lowest BCUT2D eigenvalue weighted by Crippen LogP contribution is -2.44. The predicted octanol–water partition coefficient (Wildman–Crippen LogP) is 6.54. The number of anilines is 3. The van der Waals surface area contributed by atoms with Crippen molar-refractivity contribution in [2.24, 2.45) is 5.41 Å². The van der Waals surface area contributed by atoms with Gasteiger partial charge in [0, 0.05) is 41.4 Å². The fourth-order valence-corrected chi connectivity index (χ4v) is 15.8. The van der Waals surface area contributed by atoms with Gasteiger partial charge >= 0.3 is 0 Å². The van der Waals surface area contributed by atoms with Crippen LogP contribution in [-0.2, 0) is 29.5 Å². The van der Waals surface area contributed by atoms with E-state index in [4.69, 9.17) is 23.8 Å². The molecule has 24 nitrogen and oxygen atoms in total. The summed E-state index contributed by atoms with van der Waals surface area (Å²) in [6.07, 6.45) is 10.9. The van der Waals surface area contributed by atoms with Crippen LogP contribution in [0, 0.1) is 46.6 Å². The smallest absolute Gasteiger partial charge is 0.233 e. The van der Waals surface area contributed by atoms with E-state index in [0.717, 1.165) is 40.7 Å². The summed E-state index contributed by atoms with van der Waals surface area (Å²) in [7, 11) is -10.6. The van der Waals surface area contributed by atoms with Crippen LogP contribution in [0.2, 0.25) is 0 Å². The highest BCUT2D eigenvalue weighted by atomic mass is 32.2. The van der Waals surface area contributed by atoms with Crippen molar-refractivity contribution >= 4 is 63.9 Å². The molecule has 0 aliphatic heterocycles. The van der Waals surface area contributed by atoms with E-state index in [0.29, 0.717) is 63.8 Å². The summed E-state index contributed by atoms with van der Waals surface area (Å²) >= 11 is 0. The number of benzene rings is 3. The van der Waals surface area contributed by atoms with E-state index in [-0.39, 0.29) is 73.2 Å². The van der Waals surface area contributed by atoms with Crippen molar-refractivity contribution in [3.05, 3.63) is 119 Å². The Labute approximate surface area is 480 Å². The van der Waals surface area contributed by atoms with Crippen LogP contribution < -0.4 is 17.2 Å². The zero-order valence-corrected chi connectivity index (χ0v) is 49.9. The van der Waals surface area contributed by atoms with E-state index in [2.05, 4.69) is 50.0 Å². The van der Waals surface area contributed by atoms with Crippen molar-refractivity contribution in [2.45, 2.75) is 132 Å². The van der Waals surface area contributed by atoms with E-state index in [9.17, 15) is 35.5 Å². The third-order valence-electron chi connectivity index (χ3n) is 15.3. The fraction of sp³-hybridized carbons (Fsp3) is 0.393. The molecule has 0 spiro atoms. The van der Waals surface area contributed by atoms with E-state index in [1.807, 2.05) is 33.8 Å². The maximum atomic E-state index is 13.2. The average Bonchev–Trinajstić information content (AvgIpc) is 2.04. The molecule has 3 aliphatic carbocycles. The van der Waals surface area contributed by atoms with E-state index >= 15 is 0 Å². The average molecular weight is 1190 g/mol. The van der Waals surface area contributed by atoms with Gasteiger partial charge in [-0.15, -0.1) is 0 Å². The molecule has 27 heteroatoms. The monoisotopic (exact) mass is 1190 g/mol. The lowest BCUT2D eigenvalue weighted by atomic mass is 9.67. The number of nitrogens with zero attached hydrogens (tertiary/aromatic N) is 13. The van der Waals surface area contributed by atoms with Gasteiger partial charge in [-0.2, -0.15) is 15.3 Å². The molecule has 3 fully saturated rings. The molecule has 9 aromatic rings. The highest BCUT2D eigenvalue weighted by Crippen LogP contribution is 2.64. The first-order valence-corrected chi connectivity index (χ1v) is 31.4. The van der Waals surface area contributed by atoms with Crippen molar-refractivity contribution < 1.29 is 35.5 Å². The molecule has 6 heterocycles. The number of hydrogen-bond acceptors (Lipinski definition) is 20. The first-order valence-electron chi connectivity index (χ1n) is 26.5. The summed E-state index contributed by atoms with van der Waals surface area (Å²) in [6.45, 7) is 23.1. The maximum absolute atomic E-state index is 13.2. The number of aromatic nitrogens is 12. The third kappa shape index (κ3) is 12.2. The van der Waals surface area contributed by atoms with Crippen molar-refractivity contribution in [3.63, 3.8) is 0 Å². The second kappa shape index (κ2) is 21.6.